The number of aryl methyl sites for hydroxylation is 1. The number of nitrogens with zero attached hydrogens (tertiary/aromatic N) is 6. The van der Waals surface area contributed by atoms with Crippen LogP contribution in [0.1, 0.15) is 24.0 Å². The number of pyridine rings is 2. The number of hydrogen-bond donors (Lipinski definition) is 0. The Morgan fingerprint density at radius 1 is 1.06 bits per heavy atom. The minimum atomic E-state index is 0.0525. The standard InChI is InChI=1S/C26H25ClN6O/c1-3-33-23-6-4-5-21(20-11-12-28-16-22(20)27)25(23)30-24(33)10-8-18-7-9-19(29-15-18)17-32-14-13-31(2)26(32)34/h4-12,15-16H,3,13-14,17H2,1-2H3/b10-8+. The van der Waals surface area contributed by atoms with E-state index in [0.717, 1.165) is 58.9 Å². The molecule has 0 aliphatic carbocycles. The van der Waals surface area contributed by atoms with Crippen LogP contribution in [0.25, 0.3) is 34.3 Å². The predicted octanol–water partition coefficient (Wildman–Crippen LogP) is 5.20. The average Bonchev–Trinajstić information content (AvgIpc) is 3.38. The zero-order valence-electron chi connectivity index (χ0n) is 19.1. The van der Waals surface area contributed by atoms with Gasteiger partial charge in [-0.1, -0.05) is 29.8 Å². The topological polar surface area (TPSA) is 67.2 Å². The summed E-state index contributed by atoms with van der Waals surface area (Å²) in [5.41, 5.74) is 5.72. The molecule has 4 aromatic rings. The number of imidazole rings is 1. The van der Waals surface area contributed by atoms with Crippen molar-refractivity contribution in [2.45, 2.75) is 20.0 Å². The molecule has 1 fully saturated rings. The molecule has 2 amide bonds. The van der Waals surface area contributed by atoms with Gasteiger partial charge in [0.1, 0.15) is 5.82 Å². The van der Waals surface area contributed by atoms with Gasteiger partial charge in [-0.2, -0.15) is 0 Å². The smallest absolute Gasteiger partial charge is 0.320 e. The normalized spacial score (nSPS) is 14.1. The molecule has 3 aromatic heterocycles. The lowest BCUT2D eigenvalue weighted by atomic mass is 10.1. The summed E-state index contributed by atoms with van der Waals surface area (Å²) < 4.78 is 2.18. The Morgan fingerprint density at radius 3 is 2.65 bits per heavy atom. The first-order valence-electron chi connectivity index (χ1n) is 11.3. The molecule has 1 saturated heterocycles. The molecule has 172 valence electrons. The molecule has 0 unspecified atom stereocenters. The number of fused-ring (bicyclic) bond motifs is 1. The Morgan fingerprint density at radius 2 is 1.94 bits per heavy atom. The number of para-hydroxylation sites is 1. The van der Waals surface area contributed by atoms with Crippen LogP contribution < -0.4 is 0 Å². The Balaban J connectivity index is 1.41. The molecule has 1 aliphatic heterocycles. The minimum absolute atomic E-state index is 0.0525. The average molecular weight is 473 g/mol. The zero-order valence-corrected chi connectivity index (χ0v) is 19.9. The summed E-state index contributed by atoms with van der Waals surface area (Å²) in [7, 11) is 1.82. The number of halogens is 1. The van der Waals surface area contributed by atoms with Gasteiger partial charge in [-0.25, -0.2) is 9.78 Å². The lowest BCUT2D eigenvalue weighted by molar-refractivity contribution is 0.196. The number of amides is 2. The number of benzene rings is 1. The molecule has 8 heteroatoms. The fraction of sp³-hybridized carbons (Fsp3) is 0.231. The number of aromatic nitrogens is 4. The maximum absolute atomic E-state index is 12.1. The number of hydrogen-bond acceptors (Lipinski definition) is 4. The van der Waals surface area contributed by atoms with E-state index in [1.54, 1.807) is 17.3 Å². The van der Waals surface area contributed by atoms with Crippen LogP contribution in [0, 0.1) is 0 Å². The zero-order chi connectivity index (χ0) is 23.7. The van der Waals surface area contributed by atoms with Gasteiger partial charge in [0.05, 0.1) is 28.3 Å². The molecular formula is C26H25ClN6O. The molecule has 5 rings (SSSR count). The van der Waals surface area contributed by atoms with Crippen molar-refractivity contribution < 1.29 is 4.79 Å². The predicted molar refractivity (Wildman–Crippen MR) is 135 cm³/mol. The third-order valence-corrected chi connectivity index (χ3v) is 6.42. The van der Waals surface area contributed by atoms with Crippen LogP contribution in [-0.2, 0) is 13.1 Å². The van der Waals surface area contributed by atoms with Gasteiger partial charge in [-0.05, 0) is 42.8 Å². The van der Waals surface area contributed by atoms with E-state index in [-0.39, 0.29) is 6.03 Å². The molecule has 0 radical (unpaired) electrons. The van der Waals surface area contributed by atoms with Crippen LogP contribution in [0.4, 0.5) is 4.79 Å². The summed E-state index contributed by atoms with van der Waals surface area (Å²) in [6.07, 6.45) is 9.25. The van der Waals surface area contributed by atoms with Crippen molar-refractivity contribution in [3.05, 3.63) is 77.1 Å². The molecule has 0 bridgehead atoms. The van der Waals surface area contributed by atoms with E-state index in [1.165, 1.54) is 0 Å². The van der Waals surface area contributed by atoms with E-state index in [4.69, 9.17) is 16.6 Å². The van der Waals surface area contributed by atoms with Gasteiger partial charge < -0.3 is 14.4 Å². The van der Waals surface area contributed by atoms with Crippen LogP contribution in [0.3, 0.4) is 0 Å². The van der Waals surface area contributed by atoms with E-state index in [0.29, 0.717) is 11.6 Å². The first-order valence-corrected chi connectivity index (χ1v) is 11.6. The van der Waals surface area contributed by atoms with E-state index in [2.05, 4.69) is 27.5 Å². The second-order valence-electron chi connectivity index (χ2n) is 8.28. The van der Waals surface area contributed by atoms with Crippen LogP contribution in [0.5, 0.6) is 0 Å². The van der Waals surface area contributed by atoms with Crippen molar-refractivity contribution in [1.29, 1.82) is 0 Å². The highest BCUT2D eigenvalue weighted by molar-refractivity contribution is 6.33. The molecule has 4 heterocycles. The van der Waals surface area contributed by atoms with Crippen molar-refractivity contribution in [2.24, 2.45) is 0 Å². The molecular weight excluding hydrogens is 448 g/mol. The van der Waals surface area contributed by atoms with Crippen LogP contribution >= 0.6 is 11.6 Å². The molecule has 1 aromatic carbocycles. The number of rotatable bonds is 6. The minimum Gasteiger partial charge on any atom is -0.326 e. The SMILES string of the molecule is CCn1c(/C=C/c2ccc(CN3CCN(C)C3=O)nc2)nc2c(-c3ccncc3Cl)cccc21. The van der Waals surface area contributed by atoms with Gasteiger partial charge in [0, 0.05) is 56.4 Å². The molecule has 0 spiro atoms. The van der Waals surface area contributed by atoms with Crippen molar-refractivity contribution in [3.63, 3.8) is 0 Å². The number of carbonyl (C=O) groups is 1. The van der Waals surface area contributed by atoms with E-state index in [1.807, 2.05) is 60.6 Å². The summed E-state index contributed by atoms with van der Waals surface area (Å²) in [5.74, 6) is 0.866. The highest BCUT2D eigenvalue weighted by atomic mass is 35.5. The fourth-order valence-corrected chi connectivity index (χ4v) is 4.50. The molecule has 0 atom stereocenters. The van der Waals surface area contributed by atoms with Gasteiger partial charge in [0.2, 0.25) is 0 Å². The van der Waals surface area contributed by atoms with Crippen molar-refractivity contribution in [1.82, 2.24) is 29.3 Å². The lowest BCUT2D eigenvalue weighted by Gasteiger charge is -2.15. The summed E-state index contributed by atoms with van der Waals surface area (Å²) in [5, 5.41) is 0.603. The van der Waals surface area contributed by atoms with Gasteiger partial charge in [-0.15, -0.1) is 0 Å². The maximum Gasteiger partial charge on any atom is 0.320 e. The summed E-state index contributed by atoms with van der Waals surface area (Å²) in [6, 6.07) is 12.1. The first-order chi connectivity index (χ1) is 16.5. The Hall–Kier alpha value is -3.71. The number of likely N-dealkylation sites (N-methyl/N-ethyl adjacent to an activating group) is 1. The summed E-state index contributed by atoms with van der Waals surface area (Å²) in [6.45, 7) is 4.92. The Labute approximate surface area is 203 Å². The third-order valence-electron chi connectivity index (χ3n) is 6.11. The largest absolute Gasteiger partial charge is 0.326 e. The van der Waals surface area contributed by atoms with Crippen LogP contribution in [0.15, 0.2) is 55.0 Å². The number of carbonyl (C=O) groups excluding carboxylic acids is 1. The van der Waals surface area contributed by atoms with E-state index in [9.17, 15) is 4.79 Å². The quantitative estimate of drug-likeness (QED) is 0.386. The van der Waals surface area contributed by atoms with Gasteiger partial charge in [0.15, 0.2) is 0 Å². The lowest BCUT2D eigenvalue weighted by Crippen LogP contribution is -2.29. The Bertz CT molecular complexity index is 1380. The van der Waals surface area contributed by atoms with Crippen LogP contribution in [-0.4, -0.2) is 55.5 Å². The Kier molecular flexibility index (Phi) is 6.02. The molecule has 0 N–H and O–H groups in total. The summed E-state index contributed by atoms with van der Waals surface area (Å²) in [4.78, 5) is 29.2. The van der Waals surface area contributed by atoms with Gasteiger partial charge in [-0.3, -0.25) is 9.97 Å². The monoisotopic (exact) mass is 472 g/mol. The molecule has 34 heavy (non-hydrogen) atoms. The van der Waals surface area contributed by atoms with E-state index < -0.39 is 0 Å². The van der Waals surface area contributed by atoms with Crippen molar-refractivity contribution in [3.8, 4) is 11.1 Å². The highest BCUT2D eigenvalue weighted by Gasteiger charge is 2.25. The van der Waals surface area contributed by atoms with Gasteiger partial charge in [0.25, 0.3) is 0 Å². The second-order valence-corrected chi connectivity index (χ2v) is 8.69. The second kappa shape index (κ2) is 9.27. The highest BCUT2D eigenvalue weighted by Crippen LogP contribution is 2.33. The fourth-order valence-electron chi connectivity index (χ4n) is 4.28. The van der Waals surface area contributed by atoms with Crippen molar-refractivity contribution >= 4 is 40.8 Å². The van der Waals surface area contributed by atoms with Crippen molar-refractivity contribution in [2.75, 3.05) is 20.1 Å². The van der Waals surface area contributed by atoms with E-state index >= 15 is 0 Å². The molecule has 7 nitrogen and oxygen atoms in total. The molecule has 1 aliphatic rings. The first kappa shape index (κ1) is 22.1. The molecule has 0 saturated carbocycles. The number of urea groups is 1. The summed E-state index contributed by atoms with van der Waals surface area (Å²) >= 11 is 6.42. The maximum atomic E-state index is 12.1. The van der Waals surface area contributed by atoms with Crippen LogP contribution in [0.2, 0.25) is 5.02 Å². The third kappa shape index (κ3) is 4.15. The van der Waals surface area contributed by atoms with Gasteiger partial charge >= 0.3 is 6.03 Å².